The SMILES string of the molecule is Cc1c(C(=O)O)n2c3ccc(Cl)c(c13)-c1c(nn(C)c1C)CSCc1cc(n(C(C)C)n1)CSc1cc(c3ccccc3c1)OCCC2. The lowest BCUT2D eigenvalue weighted by atomic mass is 9.97. The Labute approximate surface area is 293 Å². The smallest absolute Gasteiger partial charge is 0.352 e. The van der Waals surface area contributed by atoms with Crippen molar-refractivity contribution in [3.63, 3.8) is 0 Å². The average molecular weight is 700 g/mol. The monoisotopic (exact) mass is 699 g/mol. The zero-order valence-electron chi connectivity index (χ0n) is 27.7. The topological polar surface area (TPSA) is 87.1 Å². The molecule has 0 radical (unpaired) electrons. The molecular weight excluding hydrogens is 662 g/mol. The van der Waals surface area contributed by atoms with Gasteiger partial charge in [-0.15, -0.1) is 23.5 Å². The van der Waals surface area contributed by atoms with Crippen LogP contribution >= 0.6 is 35.1 Å². The summed E-state index contributed by atoms with van der Waals surface area (Å²) in [7, 11) is 1.94. The maximum Gasteiger partial charge on any atom is 0.352 e. The van der Waals surface area contributed by atoms with Gasteiger partial charge in [-0.25, -0.2) is 4.79 Å². The van der Waals surface area contributed by atoms with Gasteiger partial charge in [-0.2, -0.15) is 10.2 Å². The van der Waals surface area contributed by atoms with Crippen LogP contribution in [0.5, 0.6) is 5.75 Å². The molecule has 1 aliphatic heterocycles. The Hall–Kier alpha value is -3.86. The number of thioether (sulfide) groups is 2. The Morgan fingerprint density at radius 1 is 1.02 bits per heavy atom. The van der Waals surface area contributed by atoms with Crippen LogP contribution in [0.3, 0.4) is 0 Å². The van der Waals surface area contributed by atoms with Crippen molar-refractivity contribution in [2.45, 2.75) is 68.9 Å². The number of nitrogens with zero attached hydrogens (tertiary/aromatic N) is 5. The second kappa shape index (κ2) is 13.2. The van der Waals surface area contributed by atoms with E-state index in [2.05, 4.69) is 48.9 Å². The summed E-state index contributed by atoms with van der Waals surface area (Å²) in [6.07, 6.45) is 0.622. The summed E-state index contributed by atoms with van der Waals surface area (Å²) in [5.74, 6) is 2.04. The molecule has 0 fully saturated rings. The summed E-state index contributed by atoms with van der Waals surface area (Å²) in [6, 6.07) is 18.9. The Morgan fingerprint density at radius 3 is 2.62 bits per heavy atom. The van der Waals surface area contributed by atoms with E-state index in [0.29, 0.717) is 35.9 Å². The molecule has 0 unspecified atom stereocenters. The van der Waals surface area contributed by atoms with E-state index in [1.165, 1.54) is 5.69 Å². The molecule has 3 aromatic heterocycles. The van der Waals surface area contributed by atoms with Gasteiger partial charge >= 0.3 is 5.97 Å². The van der Waals surface area contributed by atoms with Gasteiger partial charge in [0.25, 0.3) is 0 Å². The Balaban J connectivity index is 1.37. The predicted octanol–water partition coefficient (Wildman–Crippen LogP) is 9.45. The van der Waals surface area contributed by atoms with Gasteiger partial charge in [0.05, 0.1) is 18.0 Å². The molecule has 0 spiro atoms. The number of carboxylic acid groups (broad SMARTS) is 1. The molecule has 7 rings (SSSR count). The second-order valence-electron chi connectivity index (χ2n) is 12.6. The molecular formula is C37H38ClN5O3S2. The van der Waals surface area contributed by atoms with E-state index in [1.54, 1.807) is 23.5 Å². The zero-order chi connectivity index (χ0) is 33.7. The number of fused-ring (bicyclic) bond motifs is 8. The zero-order valence-corrected chi connectivity index (χ0v) is 30.1. The minimum Gasteiger partial charge on any atom is -0.493 e. The highest BCUT2D eigenvalue weighted by Gasteiger charge is 2.27. The van der Waals surface area contributed by atoms with Crippen molar-refractivity contribution in [2.75, 3.05) is 6.61 Å². The normalized spacial score (nSPS) is 14.3. The van der Waals surface area contributed by atoms with Crippen molar-refractivity contribution in [2.24, 2.45) is 7.05 Å². The fraction of sp³-hybridized carbons (Fsp3) is 0.324. The number of benzene rings is 3. The largest absolute Gasteiger partial charge is 0.493 e. The first-order valence-electron chi connectivity index (χ1n) is 16.1. The van der Waals surface area contributed by atoms with Gasteiger partial charge in [-0.1, -0.05) is 35.9 Å². The van der Waals surface area contributed by atoms with Gasteiger partial charge in [-0.3, -0.25) is 9.36 Å². The van der Waals surface area contributed by atoms with E-state index in [4.69, 9.17) is 26.5 Å². The summed E-state index contributed by atoms with van der Waals surface area (Å²) in [5.41, 5.74) is 7.73. The molecule has 0 amide bonds. The molecule has 8 nitrogen and oxygen atoms in total. The summed E-state index contributed by atoms with van der Waals surface area (Å²) in [5, 5.41) is 24.0. The molecule has 0 aliphatic carbocycles. The van der Waals surface area contributed by atoms with Crippen molar-refractivity contribution in [3.05, 3.63) is 93.7 Å². The van der Waals surface area contributed by atoms with E-state index < -0.39 is 5.97 Å². The number of ether oxygens (including phenoxy) is 1. The molecule has 248 valence electrons. The first-order valence-corrected chi connectivity index (χ1v) is 18.6. The van der Waals surface area contributed by atoms with Gasteiger partial charge < -0.3 is 14.4 Å². The highest BCUT2D eigenvalue weighted by molar-refractivity contribution is 7.98. The lowest BCUT2D eigenvalue weighted by Gasteiger charge is -2.14. The summed E-state index contributed by atoms with van der Waals surface area (Å²) >= 11 is 10.6. The van der Waals surface area contributed by atoms with E-state index in [-0.39, 0.29) is 11.7 Å². The van der Waals surface area contributed by atoms with Gasteiger partial charge in [0.2, 0.25) is 0 Å². The number of aryl methyl sites for hydroxylation is 3. The predicted molar refractivity (Wildman–Crippen MR) is 197 cm³/mol. The van der Waals surface area contributed by atoms with Gasteiger partial charge in [0, 0.05) is 85.6 Å². The van der Waals surface area contributed by atoms with Crippen LogP contribution in [0, 0.1) is 13.8 Å². The number of carbonyl (C=O) groups is 1. The van der Waals surface area contributed by atoms with Crippen molar-refractivity contribution in [1.82, 2.24) is 24.1 Å². The molecule has 1 N–H and O–H groups in total. The molecule has 0 atom stereocenters. The van der Waals surface area contributed by atoms with E-state index in [0.717, 1.165) is 72.0 Å². The fourth-order valence-electron chi connectivity index (χ4n) is 6.85. The maximum atomic E-state index is 12.8. The lowest BCUT2D eigenvalue weighted by molar-refractivity contribution is 0.0684. The lowest BCUT2D eigenvalue weighted by Crippen LogP contribution is -2.12. The van der Waals surface area contributed by atoms with Gasteiger partial charge in [-0.05, 0) is 75.4 Å². The number of rotatable bonds is 2. The third kappa shape index (κ3) is 5.88. The number of halogens is 1. The molecule has 1 aliphatic rings. The van der Waals surface area contributed by atoms with Crippen molar-refractivity contribution < 1.29 is 14.6 Å². The highest BCUT2D eigenvalue weighted by Crippen LogP contribution is 2.43. The van der Waals surface area contributed by atoms with Crippen LogP contribution < -0.4 is 4.74 Å². The number of aromatic carboxylic acids is 1. The van der Waals surface area contributed by atoms with Crippen LogP contribution in [0.25, 0.3) is 32.8 Å². The Bertz CT molecular complexity index is 2200. The van der Waals surface area contributed by atoms with Crippen LogP contribution in [0.2, 0.25) is 5.02 Å². The molecule has 11 heteroatoms. The first kappa shape index (κ1) is 32.7. The number of hydrogen-bond donors (Lipinski definition) is 1. The third-order valence-corrected chi connectivity index (χ3v) is 11.4. The molecule has 0 saturated carbocycles. The fourth-order valence-corrected chi connectivity index (χ4v) is 8.88. The van der Waals surface area contributed by atoms with Crippen LogP contribution in [-0.2, 0) is 30.9 Å². The molecule has 6 aromatic rings. The summed E-state index contributed by atoms with van der Waals surface area (Å²) in [6.45, 7) is 9.18. The molecule has 4 heterocycles. The van der Waals surface area contributed by atoms with Crippen molar-refractivity contribution in [1.29, 1.82) is 0 Å². The van der Waals surface area contributed by atoms with E-state index >= 15 is 0 Å². The second-order valence-corrected chi connectivity index (χ2v) is 15.0. The van der Waals surface area contributed by atoms with Crippen LogP contribution in [0.1, 0.15) is 65.1 Å². The van der Waals surface area contributed by atoms with E-state index in [1.807, 2.05) is 54.4 Å². The molecule has 0 saturated heterocycles. The number of aromatic nitrogens is 5. The highest BCUT2D eigenvalue weighted by atomic mass is 35.5. The Kier molecular flexibility index (Phi) is 9.00. The van der Waals surface area contributed by atoms with Crippen LogP contribution in [0.15, 0.2) is 59.5 Å². The minimum atomic E-state index is -0.962. The molecule has 3 aromatic carbocycles. The van der Waals surface area contributed by atoms with Gasteiger partial charge in [0.1, 0.15) is 11.4 Å². The van der Waals surface area contributed by atoms with Crippen LogP contribution in [0.4, 0.5) is 0 Å². The van der Waals surface area contributed by atoms with E-state index in [9.17, 15) is 9.90 Å². The first-order chi connectivity index (χ1) is 23.1. The van der Waals surface area contributed by atoms with Crippen molar-refractivity contribution in [3.8, 4) is 16.9 Å². The molecule has 48 heavy (non-hydrogen) atoms. The third-order valence-electron chi connectivity index (χ3n) is 9.09. The maximum absolute atomic E-state index is 12.8. The number of carboxylic acids is 1. The molecule has 8 bridgehead atoms. The standard InChI is InChI=1S/C37H38ClN5O3S2/c1-21(2)43-26-16-25(39-43)18-47-20-30-34(23(4)41(5)40-30)35-29(38)11-12-31-33(35)22(3)36(37(44)45)42(31)13-8-14-46-32-17-27(48-19-26)15-24-9-6-7-10-28(24)32/h6-7,9-12,15-17,21H,8,13-14,18-20H2,1-5H3,(H,44,45). The summed E-state index contributed by atoms with van der Waals surface area (Å²) in [4.78, 5) is 13.9. The minimum absolute atomic E-state index is 0.235. The van der Waals surface area contributed by atoms with Crippen LogP contribution in [-0.4, -0.2) is 41.8 Å². The average Bonchev–Trinajstić information content (AvgIpc) is 3.69. The summed E-state index contributed by atoms with van der Waals surface area (Å²) < 4.78 is 12.4. The Morgan fingerprint density at radius 2 is 1.83 bits per heavy atom. The quantitative estimate of drug-likeness (QED) is 0.193. The number of hydrogen-bond acceptors (Lipinski definition) is 6. The van der Waals surface area contributed by atoms with Gasteiger partial charge in [0.15, 0.2) is 0 Å². The van der Waals surface area contributed by atoms with Crippen molar-refractivity contribution >= 4 is 62.8 Å².